The normalized spacial score (nSPS) is 49.0. The van der Waals surface area contributed by atoms with Gasteiger partial charge in [0.15, 0.2) is 0 Å². The third-order valence-corrected chi connectivity index (χ3v) is 7.66. The van der Waals surface area contributed by atoms with E-state index < -0.39 is 0 Å². The summed E-state index contributed by atoms with van der Waals surface area (Å²) >= 11 is 0. The minimum Gasteiger partial charge on any atom is -0.362 e. The predicted molar refractivity (Wildman–Crippen MR) is 83.0 cm³/mol. The SMILES string of the molecule is CC[NH+](CC)C[C@@]1(C)C[C@]23CC[C@H](C2)C(C)(C)[C@]3(C)O1. The van der Waals surface area contributed by atoms with Crippen LogP contribution in [0.25, 0.3) is 0 Å². The molecule has 20 heavy (non-hydrogen) atoms. The van der Waals surface area contributed by atoms with Gasteiger partial charge in [0.2, 0.25) is 0 Å². The van der Waals surface area contributed by atoms with Crippen LogP contribution in [0.4, 0.5) is 0 Å². The van der Waals surface area contributed by atoms with Crippen LogP contribution in [-0.2, 0) is 4.74 Å². The van der Waals surface area contributed by atoms with Gasteiger partial charge in [-0.1, -0.05) is 13.8 Å². The smallest absolute Gasteiger partial charge is 0.115 e. The van der Waals surface area contributed by atoms with Crippen LogP contribution < -0.4 is 4.90 Å². The predicted octanol–water partition coefficient (Wildman–Crippen LogP) is 2.68. The van der Waals surface area contributed by atoms with Gasteiger partial charge in [0, 0.05) is 5.41 Å². The summed E-state index contributed by atoms with van der Waals surface area (Å²) in [7, 11) is 0. The van der Waals surface area contributed by atoms with Crippen molar-refractivity contribution in [1.29, 1.82) is 0 Å². The standard InChI is InChI=1S/C18H33NO/c1-7-19(8-2)13-16(5)12-18-10-9-14(11-18)15(3,4)17(18,6)20-16/h14H,7-13H2,1-6H3/p+1/t14-,16-,17+,18+/m1/s1. The Bertz CT molecular complexity index is 402. The van der Waals surface area contributed by atoms with Gasteiger partial charge in [-0.2, -0.15) is 0 Å². The van der Waals surface area contributed by atoms with E-state index in [2.05, 4.69) is 41.5 Å². The van der Waals surface area contributed by atoms with E-state index in [-0.39, 0.29) is 11.2 Å². The van der Waals surface area contributed by atoms with Gasteiger partial charge in [-0.05, 0) is 64.7 Å². The number of likely N-dealkylation sites (N-methyl/N-ethyl adjacent to an activating group) is 1. The topological polar surface area (TPSA) is 13.7 Å². The van der Waals surface area contributed by atoms with Gasteiger partial charge >= 0.3 is 0 Å². The fourth-order valence-corrected chi connectivity index (χ4v) is 6.19. The van der Waals surface area contributed by atoms with Crippen LogP contribution in [0.3, 0.4) is 0 Å². The Morgan fingerprint density at radius 1 is 1.10 bits per heavy atom. The first-order valence-electron chi connectivity index (χ1n) is 8.76. The van der Waals surface area contributed by atoms with Crippen molar-refractivity contribution in [2.75, 3.05) is 19.6 Å². The number of hydrogen-bond acceptors (Lipinski definition) is 1. The summed E-state index contributed by atoms with van der Waals surface area (Å²) in [5, 5.41) is 0. The molecule has 2 saturated carbocycles. The van der Waals surface area contributed by atoms with Crippen LogP contribution in [0.5, 0.6) is 0 Å². The van der Waals surface area contributed by atoms with Crippen molar-refractivity contribution in [3.05, 3.63) is 0 Å². The summed E-state index contributed by atoms with van der Waals surface area (Å²) in [5.74, 6) is 0.887. The van der Waals surface area contributed by atoms with Gasteiger partial charge in [0.1, 0.15) is 12.1 Å². The molecule has 0 amide bonds. The highest BCUT2D eigenvalue weighted by Crippen LogP contribution is 2.75. The van der Waals surface area contributed by atoms with Crippen molar-refractivity contribution < 1.29 is 9.64 Å². The van der Waals surface area contributed by atoms with Gasteiger partial charge < -0.3 is 9.64 Å². The van der Waals surface area contributed by atoms with E-state index in [0.29, 0.717) is 10.8 Å². The molecular formula is C18H34NO+. The zero-order valence-corrected chi connectivity index (χ0v) is 14.4. The molecule has 3 fully saturated rings. The Balaban J connectivity index is 1.88. The zero-order valence-electron chi connectivity index (χ0n) is 14.4. The van der Waals surface area contributed by atoms with Crippen molar-refractivity contribution in [2.24, 2.45) is 16.7 Å². The molecule has 2 aliphatic carbocycles. The second kappa shape index (κ2) is 4.23. The second-order valence-corrected chi connectivity index (χ2v) is 8.84. The largest absolute Gasteiger partial charge is 0.362 e. The molecule has 0 radical (unpaired) electrons. The van der Waals surface area contributed by atoms with Crippen LogP contribution in [0.2, 0.25) is 0 Å². The fraction of sp³-hybridized carbons (Fsp3) is 1.00. The first kappa shape index (κ1) is 14.8. The summed E-state index contributed by atoms with van der Waals surface area (Å²) in [4.78, 5) is 1.68. The van der Waals surface area contributed by atoms with Gasteiger partial charge in [0.25, 0.3) is 0 Å². The number of rotatable bonds is 4. The summed E-state index contributed by atoms with van der Waals surface area (Å²) in [6.07, 6.45) is 5.54. The van der Waals surface area contributed by atoms with Gasteiger partial charge in [-0.3, -0.25) is 0 Å². The third-order valence-electron chi connectivity index (χ3n) is 7.66. The molecule has 1 heterocycles. The monoisotopic (exact) mass is 280 g/mol. The van der Waals surface area contributed by atoms with E-state index in [1.807, 2.05) is 0 Å². The maximum absolute atomic E-state index is 6.91. The van der Waals surface area contributed by atoms with Crippen molar-refractivity contribution >= 4 is 0 Å². The lowest BCUT2D eigenvalue weighted by Gasteiger charge is -2.49. The minimum atomic E-state index is 0.0860. The van der Waals surface area contributed by atoms with Crippen LogP contribution in [0.15, 0.2) is 0 Å². The lowest BCUT2D eigenvalue weighted by atomic mass is 9.60. The first-order chi connectivity index (χ1) is 9.22. The van der Waals surface area contributed by atoms with Crippen molar-refractivity contribution in [3.8, 4) is 0 Å². The number of hydrogen-bond donors (Lipinski definition) is 1. The highest BCUT2D eigenvalue weighted by atomic mass is 16.5. The Kier molecular flexibility index (Phi) is 3.14. The lowest BCUT2D eigenvalue weighted by molar-refractivity contribution is -0.902. The molecule has 1 spiro atoms. The Hall–Kier alpha value is -0.0800. The highest BCUT2D eigenvalue weighted by Gasteiger charge is 2.75. The number of fused-ring (bicyclic) bond motifs is 1. The van der Waals surface area contributed by atoms with Gasteiger partial charge in [-0.25, -0.2) is 0 Å². The zero-order chi connectivity index (χ0) is 14.8. The molecule has 2 heteroatoms. The molecule has 0 aromatic rings. The second-order valence-electron chi connectivity index (χ2n) is 8.84. The molecule has 2 nitrogen and oxygen atoms in total. The summed E-state index contributed by atoms with van der Waals surface area (Å²) < 4.78 is 6.91. The molecular weight excluding hydrogens is 246 g/mol. The van der Waals surface area contributed by atoms with Crippen molar-refractivity contribution in [1.82, 2.24) is 0 Å². The molecule has 3 aliphatic rings. The number of nitrogens with one attached hydrogen (secondary N) is 1. The van der Waals surface area contributed by atoms with E-state index in [9.17, 15) is 0 Å². The first-order valence-corrected chi connectivity index (χ1v) is 8.76. The van der Waals surface area contributed by atoms with Gasteiger partial charge in [-0.15, -0.1) is 0 Å². The van der Waals surface area contributed by atoms with E-state index in [4.69, 9.17) is 4.74 Å². The average molecular weight is 280 g/mol. The van der Waals surface area contributed by atoms with E-state index in [1.54, 1.807) is 4.90 Å². The number of ether oxygens (including phenoxy) is 1. The quantitative estimate of drug-likeness (QED) is 0.836. The molecule has 1 aliphatic heterocycles. The van der Waals surface area contributed by atoms with Crippen molar-refractivity contribution in [3.63, 3.8) is 0 Å². The maximum atomic E-state index is 6.91. The van der Waals surface area contributed by atoms with Crippen LogP contribution in [0.1, 0.15) is 67.2 Å². The molecule has 116 valence electrons. The molecule has 0 aromatic carbocycles. The van der Waals surface area contributed by atoms with Gasteiger partial charge in [0.05, 0.1) is 18.7 Å². The lowest BCUT2D eigenvalue weighted by Crippen LogP contribution is -3.13. The fourth-order valence-electron chi connectivity index (χ4n) is 6.19. The molecule has 2 bridgehead atoms. The Morgan fingerprint density at radius 2 is 1.75 bits per heavy atom. The molecule has 1 N–H and O–H groups in total. The minimum absolute atomic E-state index is 0.0860. The van der Waals surface area contributed by atoms with E-state index in [0.717, 1.165) is 5.92 Å². The summed E-state index contributed by atoms with van der Waals surface area (Å²) in [6, 6.07) is 0. The Morgan fingerprint density at radius 3 is 2.30 bits per heavy atom. The van der Waals surface area contributed by atoms with Crippen LogP contribution in [0, 0.1) is 16.7 Å². The van der Waals surface area contributed by atoms with Crippen LogP contribution in [-0.4, -0.2) is 30.8 Å². The van der Waals surface area contributed by atoms with Crippen LogP contribution >= 0.6 is 0 Å². The maximum Gasteiger partial charge on any atom is 0.115 e. The molecule has 0 aromatic heterocycles. The highest BCUT2D eigenvalue weighted by molar-refractivity contribution is 5.23. The third kappa shape index (κ3) is 1.64. The van der Waals surface area contributed by atoms with E-state index in [1.165, 1.54) is 45.3 Å². The summed E-state index contributed by atoms with van der Waals surface area (Å²) in [5.41, 5.74) is 1.01. The Labute approximate surface area is 125 Å². The van der Waals surface area contributed by atoms with E-state index >= 15 is 0 Å². The molecule has 3 rings (SSSR count). The summed E-state index contributed by atoms with van der Waals surface area (Å²) in [6.45, 7) is 18.0. The molecule has 1 saturated heterocycles. The average Bonchev–Trinajstić information content (AvgIpc) is 2.93. The molecule has 4 atom stereocenters. The molecule has 0 unspecified atom stereocenters. The van der Waals surface area contributed by atoms with Crippen molar-refractivity contribution in [2.45, 2.75) is 78.4 Å². The number of quaternary nitrogens is 1.